The highest BCUT2D eigenvalue weighted by Crippen LogP contribution is 2.35. The van der Waals surface area contributed by atoms with E-state index < -0.39 is 60.3 Å². The van der Waals surface area contributed by atoms with Gasteiger partial charge in [0.25, 0.3) is 0 Å². The highest BCUT2D eigenvalue weighted by Gasteiger charge is 2.54. The lowest BCUT2D eigenvalue weighted by atomic mass is 9.82. The van der Waals surface area contributed by atoms with Crippen LogP contribution in [0.1, 0.15) is 33.6 Å². The lowest BCUT2D eigenvalue weighted by Crippen LogP contribution is -2.67. The number of aliphatic hydroxyl groups is 4. The molecule has 6 atom stereocenters. The Balaban J connectivity index is 3.22. The van der Waals surface area contributed by atoms with Crippen LogP contribution < -0.4 is 5.32 Å². The Bertz CT molecular complexity index is 562. The largest absolute Gasteiger partial charge is 0.467 e. The molecule has 0 aromatic rings. The van der Waals surface area contributed by atoms with E-state index in [0.717, 1.165) is 7.11 Å². The number of aliphatic hydroxyl groups excluding tert-OH is 4. The van der Waals surface area contributed by atoms with Crippen LogP contribution in [0.15, 0.2) is 12.7 Å². The quantitative estimate of drug-likeness (QED) is 0.271. The maximum atomic E-state index is 12.3. The molecule has 1 amide bonds. The molecule has 0 aromatic heterocycles. The molecule has 1 fully saturated rings. The maximum absolute atomic E-state index is 12.3. The summed E-state index contributed by atoms with van der Waals surface area (Å²) < 4.78 is 15.7. The van der Waals surface area contributed by atoms with Gasteiger partial charge in [-0.25, -0.2) is 9.59 Å². The van der Waals surface area contributed by atoms with Crippen molar-refractivity contribution in [3.63, 3.8) is 0 Å². The van der Waals surface area contributed by atoms with Gasteiger partial charge in [-0.2, -0.15) is 0 Å². The number of carbonyl (C=O) groups excluding carboxylic acids is 2. The minimum absolute atomic E-state index is 0.0473. The van der Waals surface area contributed by atoms with Gasteiger partial charge in [0.1, 0.15) is 23.9 Å². The number of nitrogens with one attached hydrogen (secondary N) is 1. The number of rotatable bonds is 7. The molecule has 1 aliphatic heterocycles. The van der Waals surface area contributed by atoms with Crippen LogP contribution in [-0.4, -0.2) is 87.9 Å². The molecule has 10 heteroatoms. The Morgan fingerprint density at radius 2 is 2.00 bits per heavy atom. The molecule has 0 aliphatic carbocycles. The van der Waals surface area contributed by atoms with Crippen LogP contribution in [-0.2, 0) is 19.0 Å². The Kier molecular flexibility index (Phi) is 8.39. The predicted octanol–water partition coefficient (Wildman–Crippen LogP) is -0.768. The molecule has 0 bridgehead atoms. The number of hydrogen-bond acceptors (Lipinski definition) is 9. The van der Waals surface area contributed by atoms with Crippen LogP contribution in [0.5, 0.6) is 0 Å². The second kappa shape index (κ2) is 9.66. The minimum atomic E-state index is -1.73. The van der Waals surface area contributed by atoms with E-state index in [1.165, 1.54) is 6.08 Å². The maximum Gasteiger partial charge on any atom is 0.408 e. The van der Waals surface area contributed by atoms with Gasteiger partial charge < -0.3 is 40.0 Å². The molecule has 0 spiro atoms. The zero-order valence-corrected chi connectivity index (χ0v) is 16.6. The van der Waals surface area contributed by atoms with E-state index in [0.29, 0.717) is 0 Å². The zero-order valence-electron chi connectivity index (χ0n) is 16.6. The van der Waals surface area contributed by atoms with Crippen molar-refractivity contribution in [1.29, 1.82) is 0 Å². The molecule has 1 heterocycles. The van der Waals surface area contributed by atoms with Gasteiger partial charge in [-0.15, -0.1) is 6.58 Å². The number of methoxy groups -OCH3 is 1. The molecule has 28 heavy (non-hydrogen) atoms. The third kappa shape index (κ3) is 5.89. The fourth-order valence-corrected chi connectivity index (χ4v) is 3.06. The molecule has 1 saturated heterocycles. The summed E-state index contributed by atoms with van der Waals surface area (Å²) in [7, 11) is 1.14. The third-order valence-corrected chi connectivity index (χ3v) is 4.30. The fraction of sp³-hybridized carbons (Fsp3) is 0.778. The average Bonchev–Trinajstić information content (AvgIpc) is 2.60. The Morgan fingerprint density at radius 1 is 1.39 bits per heavy atom. The van der Waals surface area contributed by atoms with Crippen molar-refractivity contribution in [3.05, 3.63) is 12.7 Å². The number of hydrogen-bond donors (Lipinski definition) is 5. The monoisotopic (exact) mass is 405 g/mol. The van der Waals surface area contributed by atoms with E-state index in [2.05, 4.69) is 11.9 Å². The van der Waals surface area contributed by atoms with Gasteiger partial charge in [-0.3, -0.25) is 0 Å². The molecule has 1 aliphatic rings. The highest BCUT2D eigenvalue weighted by molar-refractivity contribution is 5.80. The van der Waals surface area contributed by atoms with Crippen molar-refractivity contribution in [3.8, 4) is 0 Å². The number of carbonyl (C=O) groups is 2. The van der Waals surface area contributed by atoms with Crippen molar-refractivity contribution in [2.24, 2.45) is 0 Å². The highest BCUT2D eigenvalue weighted by atomic mass is 16.6. The van der Waals surface area contributed by atoms with Gasteiger partial charge in [0.05, 0.1) is 25.9 Å². The summed E-state index contributed by atoms with van der Waals surface area (Å²) in [6, 6.07) is -1.23. The van der Waals surface area contributed by atoms with Crippen molar-refractivity contribution >= 4 is 12.1 Å². The summed E-state index contributed by atoms with van der Waals surface area (Å²) in [6.45, 7) is 7.70. The Hall–Kier alpha value is -1.72. The van der Waals surface area contributed by atoms with Crippen molar-refractivity contribution in [2.45, 2.75) is 75.3 Å². The standard InChI is InChI=1S/C18H31NO9/c1-6-7-18(15(24)26-5)8-10(21)12(19-16(25)28-17(2,3)4)14(27-18)13(23)11(22)9-20/h6,10-14,20-23H,1,7-9H2,2-5H3,(H,19,25)/t10-,11+,12+,13+,14+,18+/m0/s1. The molecule has 0 aromatic carbocycles. The number of esters is 1. The lowest BCUT2D eigenvalue weighted by molar-refractivity contribution is -0.229. The first-order valence-corrected chi connectivity index (χ1v) is 8.92. The molecular formula is C18H31NO9. The number of alkyl carbamates (subject to hydrolysis) is 1. The van der Waals surface area contributed by atoms with Crippen LogP contribution in [0.2, 0.25) is 0 Å². The Morgan fingerprint density at radius 3 is 2.46 bits per heavy atom. The fourth-order valence-electron chi connectivity index (χ4n) is 3.06. The van der Waals surface area contributed by atoms with E-state index in [-0.39, 0.29) is 12.8 Å². The normalized spacial score (nSPS) is 30.1. The van der Waals surface area contributed by atoms with Crippen LogP contribution in [0.3, 0.4) is 0 Å². The molecule has 1 rings (SSSR count). The van der Waals surface area contributed by atoms with Crippen LogP contribution in [0, 0.1) is 0 Å². The van der Waals surface area contributed by atoms with E-state index >= 15 is 0 Å². The van der Waals surface area contributed by atoms with Crippen LogP contribution in [0.25, 0.3) is 0 Å². The molecule has 162 valence electrons. The molecule has 0 unspecified atom stereocenters. The third-order valence-electron chi connectivity index (χ3n) is 4.30. The SMILES string of the molecule is C=CC[C@]1(C(=O)OC)C[C@H](O)[C@@H](NC(=O)OC(C)(C)C)[C@H]([C@H](O)[C@H](O)CO)O1. The van der Waals surface area contributed by atoms with Gasteiger partial charge in [-0.1, -0.05) is 6.08 Å². The summed E-state index contributed by atoms with van der Waals surface area (Å²) in [4.78, 5) is 24.5. The topological polar surface area (TPSA) is 155 Å². The molecule has 5 N–H and O–H groups in total. The first-order chi connectivity index (χ1) is 12.9. The summed E-state index contributed by atoms with van der Waals surface area (Å²) in [5, 5.41) is 42.5. The number of ether oxygens (including phenoxy) is 3. The van der Waals surface area contributed by atoms with E-state index in [9.17, 15) is 24.9 Å². The van der Waals surface area contributed by atoms with Crippen molar-refractivity contribution < 1.29 is 44.2 Å². The second-order valence-electron chi connectivity index (χ2n) is 7.75. The van der Waals surface area contributed by atoms with Crippen molar-refractivity contribution in [2.75, 3.05) is 13.7 Å². The average molecular weight is 405 g/mol. The van der Waals surface area contributed by atoms with Gasteiger partial charge in [0, 0.05) is 12.8 Å². The minimum Gasteiger partial charge on any atom is -0.467 e. The van der Waals surface area contributed by atoms with Crippen molar-refractivity contribution in [1.82, 2.24) is 5.32 Å². The molecule has 10 nitrogen and oxygen atoms in total. The Labute approximate surface area is 164 Å². The van der Waals surface area contributed by atoms with Crippen LogP contribution >= 0.6 is 0 Å². The summed E-state index contributed by atoms with van der Waals surface area (Å²) in [5.41, 5.74) is -2.50. The van der Waals surface area contributed by atoms with Gasteiger partial charge in [-0.05, 0) is 20.8 Å². The summed E-state index contributed by atoms with van der Waals surface area (Å²) >= 11 is 0. The van der Waals surface area contributed by atoms with Gasteiger partial charge in [0.2, 0.25) is 0 Å². The lowest BCUT2D eigenvalue weighted by Gasteiger charge is -2.47. The molecule has 0 radical (unpaired) electrons. The second-order valence-corrected chi connectivity index (χ2v) is 7.75. The smallest absolute Gasteiger partial charge is 0.408 e. The van der Waals surface area contributed by atoms with E-state index in [4.69, 9.17) is 19.3 Å². The summed E-state index contributed by atoms with van der Waals surface area (Å²) in [6.07, 6.45) is -5.98. The number of amides is 1. The van der Waals surface area contributed by atoms with Gasteiger partial charge in [0.15, 0.2) is 5.60 Å². The van der Waals surface area contributed by atoms with Gasteiger partial charge >= 0.3 is 12.1 Å². The van der Waals surface area contributed by atoms with E-state index in [1.807, 2.05) is 0 Å². The van der Waals surface area contributed by atoms with Crippen LogP contribution in [0.4, 0.5) is 4.79 Å². The van der Waals surface area contributed by atoms with E-state index in [1.54, 1.807) is 20.8 Å². The summed E-state index contributed by atoms with van der Waals surface area (Å²) in [5.74, 6) is -0.808. The predicted molar refractivity (Wildman–Crippen MR) is 97.3 cm³/mol. The molecular weight excluding hydrogens is 374 g/mol. The first-order valence-electron chi connectivity index (χ1n) is 8.92. The molecule has 0 saturated carbocycles. The first kappa shape index (κ1) is 24.3. The zero-order chi connectivity index (χ0) is 21.7.